The standard InChI is InChI=1S/C18H13ClF4N2O3/c1-17(27,9-28-12-4-5-14(19)15(20)7-12)16(26)25-11-3-2-10(8-24)13(6-11)18(21,22)23/h2-7,27H,9H2,1H3,(H,25,26). The highest BCUT2D eigenvalue weighted by molar-refractivity contribution is 6.30. The van der Waals surface area contributed by atoms with Crippen molar-refractivity contribution >= 4 is 23.2 Å². The SMILES string of the molecule is CC(O)(COc1ccc(Cl)c(F)c1)C(=O)Nc1ccc(C#N)c(C(F)(F)F)c1. The van der Waals surface area contributed by atoms with Gasteiger partial charge in [0.2, 0.25) is 0 Å². The van der Waals surface area contributed by atoms with Crippen molar-refractivity contribution in [3.8, 4) is 11.8 Å². The number of carbonyl (C=O) groups excluding carboxylic acids is 1. The molecule has 28 heavy (non-hydrogen) atoms. The van der Waals surface area contributed by atoms with E-state index in [-0.39, 0.29) is 16.5 Å². The summed E-state index contributed by atoms with van der Waals surface area (Å²) < 4.78 is 57.5. The summed E-state index contributed by atoms with van der Waals surface area (Å²) in [5, 5.41) is 21.0. The number of carbonyl (C=O) groups is 1. The first-order valence-corrected chi connectivity index (χ1v) is 8.05. The monoisotopic (exact) mass is 416 g/mol. The zero-order chi connectivity index (χ0) is 21.1. The van der Waals surface area contributed by atoms with Gasteiger partial charge in [-0.15, -0.1) is 0 Å². The van der Waals surface area contributed by atoms with E-state index in [9.17, 15) is 27.5 Å². The van der Waals surface area contributed by atoms with E-state index in [1.54, 1.807) is 0 Å². The first-order valence-electron chi connectivity index (χ1n) is 7.67. The van der Waals surface area contributed by atoms with Crippen molar-refractivity contribution in [2.45, 2.75) is 18.7 Å². The molecule has 10 heteroatoms. The van der Waals surface area contributed by atoms with E-state index in [1.165, 1.54) is 18.2 Å². The van der Waals surface area contributed by atoms with Gasteiger partial charge < -0.3 is 15.2 Å². The van der Waals surface area contributed by atoms with Crippen molar-refractivity contribution in [3.63, 3.8) is 0 Å². The van der Waals surface area contributed by atoms with Gasteiger partial charge >= 0.3 is 6.18 Å². The molecule has 5 nitrogen and oxygen atoms in total. The quantitative estimate of drug-likeness (QED) is 0.718. The molecule has 0 aliphatic rings. The maximum Gasteiger partial charge on any atom is 0.417 e. The molecule has 2 N–H and O–H groups in total. The van der Waals surface area contributed by atoms with Crippen molar-refractivity contribution < 1.29 is 32.2 Å². The third-order valence-electron chi connectivity index (χ3n) is 3.60. The van der Waals surface area contributed by atoms with Crippen LogP contribution in [-0.4, -0.2) is 23.2 Å². The Labute approximate surface area is 162 Å². The van der Waals surface area contributed by atoms with Crippen LogP contribution < -0.4 is 10.1 Å². The Hall–Kier alpha value is -2.83. The molecule has 1 atom stereocenters. The number of aliphatic hydroxyl groups is 1. The predicted octanol–water partition coefficient (Wildman–Crippen LogP) is 4.14. The average molecular weight is 417 g/mol. The number of nitrogens with one attached hydrogen (secondary N) is 1. The van der Waals surface area contributed by atoms with Gasteiger partial charge in [-0.25, -0.2) is 4.39 Å². The van der Waals surface area contributed by atoms with Gasteiger partial charge in [0.05, 0.1) is 22.2 Å². The molecule has 0 bridgehead atoms. The Bertz CT molecular complexity index is 939. The molecule has 0 heterocycles. The van der Waals surface area contributed by atoms with Crippen molar-refractivity contribution in [1.82, 2.24) is 0 Å². The molecule has 2 rings (SSSR count). The second-order valence-electron chi connectivity index (χ2n) is 5.96. The number of hydrogen-bond donors (Lipinski definition) is 2. The fourth-order valence-electron chi connectivity index (χ4n) is 2.08. The summed E-state index contributed by atoms with van der Waals surface area (Å²) in [5.74, 6) is -1.83. The molecule has 0 aliphatic carbocycles. The third-order valence-corrected chi connectivity index (χ3v) is 3.91. The number of alkyl halides is 3. The Balaban J connectivity index is 2.12. The van der Waals surface area contributed by atoms with Gasteiger partial charge in [0.15, 0.2) is 5.60 Å². The first kappa shape index (κ1) is 21.5. The zero-order valence-corrected chi connectivity index (χ0v) is 15.0. The molecule has 2 aromatic carbocycles. The summed E-state index contributed by atoms with van der Waals surface area (Å²) in [6, 6.07) is 7.49. The van der Waals surface area contributed by atoms with Crippen LogP contribution in [0.3, 0.4) is 0 Å². The van der Waals surface area contributed by atoms with Gasteiger partial charge in [0.25, 0.3) is 5.91 Å². The topological polar surface area (TPSA) is 82.3 Å². The minimum Gasteiger partial charge on any atom is -0.490 e. The van der Waals surface area contributed by atoms with Crippen molar-refractivity contribution in [1.29, 1.82) is 5.26 Å². The maximum absolute atomic E-state index is 13.4. The molecule has 0 saturated heterocycles. The smallest absolute Gasteiger partial charge is 0.417 e. The lowest BCUT2D eigenvalue weighted by atomic mass is 10.1. The second kappa shape index (κ2) is 8.04. The van der Waals surface area contributed by atoms with Crippen LogP contribution in [0.1, 0.15) is 18.1 Å². The summed E-state index contributed by atoms with van der Waals surface area (Å²) in [6.45, 7) is 0.464. The Morgan fingerprint density at radius 2 is 1.96 bits per heavy atom. The lowest BCUT2D eigenvalue weighted by molar-refractivity contribution is -0.138. The largest absolute Gasteiger partial charge is 0.490 e. The number of halogens is 5. The molecule has 2 aromatic rings. The van der Waals surface area contributed by atoms with Gasteiger partial charge in [-0.1, -0.05) is 11.6 Å². The first-order chi connectivity index (χ1) is 12.9. The molecule has 0 spiro atoms. The van der Waals surface area contributed by atoms with E-state index in [2.05, 4.69) is 5.32 Å². The van der Waals surface area contributed by atoms with Gasteiger partial charge in [0, 0.05) is 11.8 Å². The molecule has 0 radical (unpaired) electrons. The van der Waals surface area contributed by atoms with Crippen LogP contribution in [0, 0.1) is 17.1 Å². The summed E-state index contributed by atoms with van der Waals surface area (Å²) in [7, 11) is 0. The van der Waals surface area contributed by atoms with E-state index in [4.69, 9.17) is 21.6 Å². The molecular weight excluding hydrogens is 404 g/mol. The van der Waals surface area contributed by atoms with Crippen molar-refractivity contribution in [2.75, 3.05) is 11.9 Å². The highest BCUT2D eigenvalue weighted by atomic mass is 35.5. The number of benzene rings is 2. The Morgan fingerprint density at radius 1 is 1.29 bits per heavy atom. The molecule has 148 valence electrons. The van der Waals surface area contributed by atoms with Gasteiger partial charge in [-0.05, 0) is 37.3 Å². The highest BCUT2D eigenvalue weighted by Gasteiger charge is 2.35. The molecule has 1 unspecified atom stereocenters. The van der Waals surface area contributed by atoms with Crippen molar-refractivity contribution in [3.05, 3.63) is 58.4 Å². The van der Waals surface area contributed by atoms with Crippen LogP contribution in [0.2, 0.25) is 5.02 Å². The molecule has 0 aliphatic heterocycles. The lowest BCUT2D eigenvalue weighted by Gasteiger charge is -2.23. The summed E-state index contributed by atoms with van der Waals surface area (Å²) in [5.41, 5.74) is -4.25. The van der Waals surface area contributed by atoms with Crippen LogP contribution in [0.4, 0.5) is 23.2 Å². The van der Waals surface area contributed by atoms with E-state index in [0.29, 0.717) is 6.07 Å². The molecule has 1 amide bonds. The van der Waals surface area contributed by atoms with E-state index in [0.717, 1.165) is 25.1 Å². The minimum atomic E-state index is -4.80. The lowest BCUT2D eigenvalue weighted by Crippen LogP contribution is -2.45. The van der Waals surface area contributed by atoms with E-state index < -0.39 is 41.2 Å². The normalized spacial score (nSPS) is 13.4. The summed E-state index contributed by atoms with van der Waals surface area (Å²) in [6.07, 6.45) is -4.80. The van der Waals surface area contributed by atoms with E-state index in [1.807, 2.05) is 0 Å². The van der Waals surface area contributed by atoms with Crippen LogP contribution in [0.5, 0.6) is 5.75 Å². The van der Waals surface area contributed by atoms with Crippen LogP contribution in [0.15, 0.2) is 36.4 Å². The van der Waals surface area contributed by atoms with E-state index >= 15 is 0 Å². The van der Waals surface area contributed by atoms with Crippen LogP contribution in [0.25, 0.3) is 0 Å². The fourth-order valence-corrected chi connectivity index (χ4v) is 2.19. The number of nitriles is 1. The number of amides is 1. The van der Waals surface area contributed by atoms with Gasteiger partial charge in [-0.3, -0.25) is 4.79 Å². The number of anilines is 1. The van der Waals surface area contributed by atoms with Gasteiger partial charge in [0.1, 0.15) is 18.2 Å². The second-order valence-corrected chi connectivity index (χ2v) is 6.37. The third kappa shape index (κ3) is 5.12. The maximum atomic E-state index is 13.4. The van der Waals surface area contributed by atoms with Gasteiger partial charge in [-0.2, -0.15) is 18.4 Å². The summed E-state index contributed by atoms with van der Waals surface area (Å²) >= 11 is 5.53. The Kier molecular flexibility index (Phi) is 6.17. The predicted molar refractivity (Wildman–Crippen MR) is 92.3 cm³/mol. The average Bonchev–Trinajstić information content (AvgIpc) is 2.62. The summed E-state index contributed by atoms with van der Waals surface area (Å²) in [4.78, 5) is 12.2. The van der Waals surface area contributed by atoms with Crippen LogP contribution >= 0.6 is 11.6 Å². The molecule has 0 saturated carbocycles. The number of hydrogen-bond acceptors (Lipinski definition) is 4. The Morgan fingerprint density at radius 3 is 2.54 bits per heavy atom. The van der Waals surface area contributed by atoms with Crippen LogP contribution in [-0.2, 0) is 11.0 Å². The fraction of sp³-hybridized carbons (Fsp3) is 0.222. The minimum absolute atomic E-state index is 0.00675. The zero-order valence-electron chi connectivity index (χ0n) is 14.3. The highest BCUT2D eigenvalue weighted by Crippen LogP contribution is 2.33. The number of nitrogens with zero attached hydrogens (tertiary/aromatic N) is 1. The number of ether oxygens (including phenoxy) is 1. The molecule has 0 fully saturated rings. The number of rotatable bonds is 5. The molecule has 0 aromatic heterocycles. The van der Waals surface area contributed by atoms with Crippen molar-refractivity contribution in [2.24, 2.45) is 0 Å². The molecular formula is C18H13ClF4N2O3.